The fraction of sp³-hybridized carbons (Fsp3) is 0.526. The number of guanidine groups is 1. The average Bonchev–Trinajstić information content (AvgIpc) is 3.23. The number of hydrogen-bond acceptors (Lipinski definition) is 6. The predicted molar refractivity (Wildman–Crippen MR) is 111 cm³/mol. The van der Waals surface area contributed by atoms with E-state index in [1.807, 2.05) is 6.92 Å². The molecule has 1 N–H and O–H groups in total. The summed E-state index contributed by atoms with van der Waals surface area (Å²) in [5, 5.41) is 4.27. The summed E-state index contributed by atoms with van der Waals surface area (Å²) in [5.74, 6) is 1.86. The summed E-state index contributed by atoms with van der Waals surface area (Å²) < 4.78 is 45.7. The van der Waals surface area contributed by atoms with Crippen molar-refractivity contribution in [1.29, 1.82) is 0 Å². The second kappa shape index (κ2) is 9.96. The molecule has 1 aliphatic heterocycles. The molecule has 30 heavy (non-hydrogen) atoms. The highest BCUT2D eigenvalue weighted by molar-refractivity contribution is 7.09. The highest BCUT2D eigenvalue weighted by Gasteiger charge is 2.28. The van der Waals surface area contributed by atoms with Gasteiger partial charge in [-0.3, -0.25) is 4.99 Å². The summed E-state index contributed by atoms with van der Waals surface area (Å²) in [6, 6.07) is 6.56. The highest BCUT2D eigenvalue weighted by Crippen LogP contribution is 2.20. The normalized spacial score (nSPS) is 15.4. The number of aromatic nitrogens is 2. The second-order valence-corrected chi connectivity index (χ2v) is 7.50. The Kier molecular flexibility index (Phi) is 7.35. The Hall–Kier alpha value is -2.56. The quantitative estimate of drug-likeness (QED) is 0.548. The van der Waals surface area contributed by atoms with Crippen molar-refractivity contribution in [3.05, 3.63) is 35.7 Å². The molecule has 2 heterocycles. The molecule has 0 bridgehead atoms. The SMILES string of the molecule is CCc1nsc(N2CCN(C(=NC)NCc3ccc(OCC(F)(F)F)cc3)CC2)n1. The van der Waals surface area contributed by atoms with Crippen LogP contribution in [0.1, 0.15) is 18.3 Å². The predicted octanol–water partition coefficient (Wildman–Crippen LogP) is 2.94. The Labute approximate surface area is 177 Å². The van der Waals surface area contributed by atoms with Crippen LogP contribution in [0.3, 0.4) is 0 Å². The smallest absolute Gasteiger partial charge is 0.422 e. The van der Waals surface area contributed by atoms with Crippen molar-refractivity contribution in [1.82, 2.24) is 19.6 Å². The first-order valence-corrected chi connectivity index (χ1v) is 10.5. The van der Waals surface area contributed by atoms with Crippen LogP contribution in [0.25, 0.3) is 0 Å². The molecule has 0 spiro atoms. The molecule has 1 fully saturated rings. The molecule has 1 aromatic heterocycles. The molecule has 0 saturated carbocycles. The standard InChI is InChI=1S/C19H25F3N6OS/c1-3-16-25-18(30-26-16)28-10-8-27(9-11-28)17(23-2)24-12-14-4-6-15(7-5-14)29-13-19(20,21)22/h4-7H,3,8-13H2,1-2H3,(H,23,24). The molecule has 2 aromatic rings. The molecular formula is C19H25F3N6OS. The zero-order chi connectivity index (χ0) is 21.6. The number of halogens is 3. The Balaban J connectivity index is 1.47. The Morgan fingerprint density at radius 3 is 2.47 bits per heavy atom. The van der Waals surface area contributed by atoms with Gasteiger partial charge in [-0.25, -0.2) is 4.98 Å². The van der Waals surface area contributed by atoms with Gasteiger partial charge in [-0.1, -0.05) is 19.1 Å². The molecule has 1 saturated heterocycles. The zero-order valence-electron chi connectivity index (χ0n) is 16.9. The number of hydrogen-bond donors (Lipinski definition) is 1. The van der Waals surface area contributed by atoms with Crippen molar-refractivity contribution in [3.63, 3.8) is 0 Å². The van der Waals surface area contributed by atoms with Crippen LogP contribution in [0.2, 0.25) is 0 Å². The summed E-state index contributed by atoms with van der Waals surface area (Å²) in [6.07, 6.45) is -3.51. The van der Waals surface area contributed by atoms with E-state index in [4.69, 9.17) is 4.74 Å². The molecule has 11 heteroatoms. The summed E-state index contributed by atoms with van der Waals surface area (Å²) in [4.78, 5) is 13.3. The van der Waals surface area contributed by atoms with Crippen LogP contribution >= 0.6 is 11.5 Å². The van der Waals surface area contributed by atoms with Crippen LogP contribution in [0, 0.1) is 0 Å². The molecule has 3 rings (SSSR count). The maximum Gasteiger partial charge on any atom is 0.422 e. The van der Waals surface area contributed by atoms with Gasteiger partial charge in [0.2, 0.25) is 5.13 Å². The Morgan fingerprint density at radius 2 is 1.90 bits per heavy atom. The summed E-state index contributed by atoms with van der Waals surface area (Å²) in [7, 11) is 1.74. The first kappa shape index (κ1) is 22.1. The van der Waals surface area contributed by atoms with Gasteiger partial charge in [0.05, 0.1) is 0 Å². The van der Waals surface area contributed by atoms with E-state index in [9.17, 15) is 13.2 Å². The molecule has 1 aromatic carbocycles. The lowest BCUT2D eigenvalue weighted by Crippen LogP contribution is -2.52. The van der Waals surface area contributed by atoms with Crippen molar-refractivity contribution >= 4 is 22.6 Å². The lowest BCUT2D eigenvalue weighted by Gasteiger charge is -2.36. The second-order valence-electron chi connectivity index (χ2n) is 6.77. The lowest BCUT2D eigenvalue weighted by atomic mass is 10.2. The molecule has 0 amide bonds. The van der Waals surface area contributed by atoms with Gasteiger partial charge in [-0.2, -0.15) is 17.5 Å². The van der Waals surface area contributed by atoms with E-state index >= 15 is 0 Å². The van der Waals surface area contributed by atoms with E-state index in [0.717, 1.165) is 55.1 Å². The van der Waals surface area contributed by atoms with Crippen molar-refractivity contribution in [2.75, 3.05) is 44.7 Å². The fourth-order valence-electron chi connectivity index (χ4n) is 3.01. The number of alkyl halides is 3. The van der Waals surface area contributed by atoms with E-state index in [0.29, 0.717) is 6.54 Å². The zero-order valence-corrected chi connectivity index (χ0v) is 17.8. The summed E-state index contributed by atoms with van der Waals surface area (Å²) >= 11 is 1.44. The van der Waals surface area contributed by atoms with Gasteiger partial charge < -0.3 is 19.9 Å². The average molecular weight is 443 g/mol. The van der Waals surface area contributed by atoms with Gasteiger partial charge in [0.25, 0.3) is 0 Å². The van der Waals surface area contributed by atoms with Gasteiger partial charge in [0, 0.05) is 57.7 Å². The highest BCUT2D eigenvalue weighted by atomic mass is 32.1. The Bertz CT molecular complexity index is 832. The number of nitrogens with zero attached hydrogens (tertiary/aromatic N) is 5. The van der Waals surface area contributed by atoms with Crippen LogP contribution in [0.4, 0.5) is 18.3 Å². The maximum atomic E-state index is 12.2. The number of nitrogens with one attached hydrogen (secondary N) is 1. The molecule has 1 aliphatic rings. The molecular weight excluding hydrogens is 417 g/mol. The van der Waals surface area contributed by atoms with Gasteiger partial charge in [0.15, 0.2) is 12.6 Å². The van der Waals surface area contributed by atoms with Crippen LogP contribution in [0.15, 0.2) is 29.3 Å². The molecule has 0 aliphatic carbocycles. The summed E-state index contributed by atoms with van der Waals surface area (Å²) in [6.45, 7) is 4.57. The van der Waals surface area contributed by atoms with Crippen molar-refractivity contribution in [2.45, 2.75) is 26.1 Å². The third kappa shape index (κ3) is 6.22. The topological polar surface area (TPSA) is 65.9 Å². The van der Waals surface area contributed by atoms with E-state index < -0.39 is 12.8 Å². The van der Waals surface area contributed by atoms with Crippen LogP contribution in [0.5, 0.6) is 5.75 Å². The van der Waals surface area contributed by atoms with E-state index in [-0.39, 0.29) is 5.75 Å². The number of anilines is 1. The molecule has 0 unspecified atom stereocenters. The molecule has 7 nitrogen and oxygen atoms in total. The van der Waals surface area contributed by atoms with Gasteiger partial charge in [-0.15, -0.1) is 0 Å². The summed E-state index contributed by atoms with van der Waals surface area (Å²) in [5.41, 5.74) is 0.926. The number of ether oxygens (including phenoxy) is 1. The van der Waals surface area contributed by atoms with E-state index in [2.05, 4.69) is 29.5 Å². The van der Waals surface area contributed by atoms with Crippen LogP contribution in [-0.4, -0.2) is 66.2 Å². The minimum atomic E-state index is -4.34. The molecule has 164 valence electrons. The van der Waals surface area contributed by atoms with Gasteiger partial charge in [0.1, 0.15) is 11.6 Å². The van der Waals surface area contributed by atoms with E-state index in [1.165, 1.54) is 23.7 Å². The number of benzene rings is 1. The minimum Gasteiger partial charge on any atom is -0.484 e. The first-order chi connectivity index (χ1) is 14.4. The number of aryl methyl sites for hydroxylation is 1. The fourth-order valence-corrected chi connectivity index (χ4v) is 3.81. The van der Waals surface area contributed by atoms with Crippen molar-refractivity contribution in [2.24, 2.45) is 4.99 Å². The molecule has 0 radical (unpaired) electrons. The van der Waals surface area contributed by atoms with Gasteiger partial charge >= 0.3 is 6.18 Å². The maximum absolute atomic E-state index is 12.2. The number of aliphatic imine (C=N–C) groups is 1. The van der Waals surface area contributed by atoms with E-state index in [1.54, 1.807) is 19.2 Å². The van der Waals surface area contributed by atoms with Gasteiger partial charge in [-0.05, 0) is 17.7 Å². The van der Waals surface area contributed by atoms with Crippen LogP contribution < -0.4 is 15.0 Å². The third-order valence-corrected chi connectivity index (χ3v) is 5.43. The first-order valence-electron chi connectivity index (χ1n) is 9.69. The molecule has 0 atom stereocenters. The largest absolute Gasteiger partial charge is 0.484 e. The monoisotopic (exact) mass is 442 g/mol. The van der Waals surface area contributed by atoms with Crippen molar-refractivity contribution < 1.29 is 17.9 Å². The Morgan fingerprint density at radius 1 is 1.20 bits per heavy atom. The van der Waals surface area contributed by atoms with Crippen molar-refractivity contribution in [3.8, 4) is 5.75 Å². The van der Waals surface area contributed by atoms with Crippen LogP contribution in [-0.2, 0) is 13.0 Å². The third-order valence-electron chi connectivity index (χ3n) is 4.61. The number of rotatable bonds is 6. The number of piperazine rings is 1. The minimum absolute atomic E-state index is 0.194. The lowest BCUT2D eigenvalue weighted by molar-refractivity contribution is -0.153.